The first-order valence-electron chi connectivity index (χ1n) is 7.12. The van der Waals surface area contributed by atoms with Crippen molar-refractivity contribution in [3.63, 3.8) is 0 Å². The second-order valence-electron chi connectivity index (χ2n) is 5.11. The Kier molecular flexibility index (Phi) is 6.29. The third kappa shape index (κ3) is 5.91. The fourth-order valence-corrected chi connectivity index (χ4v) is 2.37. The summed E-state index contributed by atoms with van der Waals surface area (Å²) >= 11 is 5.78. The minimum Gasteiger partial charge on any atom is -0.482 e. The van der Waals surface area contributed by atoms with Crippen molar-refractivity contribution in [2.75, 3.05) is 39.5 Å². The van der Waals surface area contributed by atoms with Crippen molar-refractivity contribution in [3.05, 3.63) is 29.3 Å². The van der Waals surface area contributed by atoms with E-state index in [1.54, 1.807) is 24.3 Å². The molecule has 1 fully saturated rings. The first-order valence-corrected chi connectivity index (χ1v) is 7.50. The largest absolute Gasteiger partial charge is 0.482 e. The molecule has 1 atom stereocenters. The van der Waals surface area contributed by atoms with Crippen LogP contribution in [0.5, 0.6) is 5.75 Å². The summed E-state index contributed by atoms with van der Waals surface area (Å²) in [5.74, 6) is 0.243. The number of hydrogen-bond acceptors (Lipinski definition) is 4. The van der Waals surface area contributed by atoms with Gasteiger partial charge in [-0.05, 0) is 31.2 Å². The van der Waals surface area contributed by atoms with E-state index in [2.05, 4.69) is 0 Å². The van der Waals surface area contributed by atoms with Gasteiger partial charge in [0.25, 0.3) is 0 Å². The topological polar surface area (TPSA) is 49.2 Å². The molecule has 1 aliphatic heterocycles. The highest BCUT2D eigenvalue weighted by Crippen LogP contribution is 2.15. The quantitative estimate of drug-likeness (QED) is 0.780. The maximum Gasteiger partial charge on any atom is 0.344 e. The van der Waals surface area contributed by atoms with E-state index in [0.29, 0.717) is 10.8 Å². The molecule has 1 heterocycles. The van der Waals surface area contributed by atoms with Crippen LogP contribution in [0.2, 0.25) is 5.02 Å². The number of hydrogen-bond donors (Lipinski definition) is 1. The van der Waals surface area contributed by atoms with E-state index < -0.39 is 0 Å². The lowest BCUT2D eigenvalue weighted by molar-refractivity contribution is -0.910. The Morgan fingerprint density at radius 2 is 2.00 bits per heavy atom. The zero-order chi connectivity index (χ0) is 15.1. The number of carbonyl (C=O) groups excluding carboxylic acids is 1. The maximum atomic E-state index is 11.7. The molecule has 0 bridgehead atoms. The summed E-state index contributed by atoms with van der Waals surface area (Å²) in [6, 6.07) is 6.87. The molecule has 1 saturated heterocycles. The van der Waals surface area contributed by atoms with Crippen LogP contribution >= 0.6 is 11.6 Å². The molecule has 1 aliphatic rings. The third-order valence-electron chi connectivity index (χ3n) is 3.28. The highest BCUT2D eigenvalue weighted by Gasteiger charge is 2.19. The van der Waals surface area contributed by atoms with E-state index >= 15 is 0 Å². The van der Waals surface area contributed by atoms with Crippen LogP contribution in [-0.4, -0.2) is 51.5 Å². The second-order valence-corrected chi connectivity index (χ2v) is 5.55. The van der Waals surface area contributed by atoms with Crippen molar-refractivity contribution in [1.29, 1.82) is 0 Å². The highest BCUT2D eigenvalue weighted by atomic mass is 35.5. The summed E-state index contributed by atoms with van der Waals surface area (Å²) < 4.78 is 16.0. The van der Waals surface area contributed by atoms with E-state index in [1.165, 1.54) is 4.90 Å². The summed E-state index contributed by atoms with van der Waals surface area (Å²) in [6.07, 6.45) is -0.126. The van der Waals surface area contributed by atoms with E-state index in [9.17, 15) is 4.79 Å². The molecule has 0 amide bonds. The molecule has 5 nitrogen and oxygen atoms in total. The van der Waals surface area contributed by atoms with Crippen molar-refractivity contribution in [2.45, 2.75) is 13.0 Å². The van der Waals surface area contributed by atoms with Gasteiger partial charge in [-0.15, -0.1) is 0 Å². The fourth-order valence-electron chi connectivity index (χ4n) is 2.24. The predicted octanol–water partition coefficient (Wildman–Crippen LogP) is 0.566. The van der Waals surface area contributed by atoms with Crippen LogP contribution in [0.25, 0.3) is 0 Å². The summed E-state index contributed by atoms with van der Waals surface area (Å²) in [4.78, 5) is 13.1. The Labute approximate surface area is 129 Å². The monoisotopic (exact) mass is 314 g/mol. The molecule has 21 heavy (non-hydrogen) atoms. The van der Waals surface area contributed by atoms with Gasteiger partial charge >= 0.3 is 5.97 Å². The van der Waals surface area contributed by atoms with Gasteiger partial charge in [0, 0.05) is 5.02 Å². The normalized spacial score (nSPS) is 17.2. The van der Waals surface area contributed by atoms with Crippen molar-refractivity contribution in [3.8, 4) is 5.75 Å². The van der Waals surface area contributed by atoms with Gasteiger partial charge in [0.1, 0.15) is 31.5 Å². The molecule has 6 heteroatoms. The summed E-state index contributed by atoms with van der Waals surface area (Å²) in [6.45, 7) is 6.08. The fraction of sp³-hybridized carbons (Fsp3) is 0.533. The molecule has 2 rings (SSSR count). The first-order chi connectivity index (χ1) is 10.1. The number of halogens is 1. The smallest absolute Gasteiger partial charge is 0.344 e. The molecule has 1 N–H and O–H groups in total. The summed E-state index contributed by atoms with van der Waals surface area (Å²) in [5, 5.41) is 0.632. The second kappa shape index (κ2) is 8.22. The molecule has 1 aromatic rings. The predicted molar refractivity (Wildman–Crippen MR) is 78.9 cm³/mol. The van der Waals surface area contributed by atoms with Gasteiger partial charge in [0.15, 0.2) is 6.61 Å². The Hall–Kier alpha value is -1.30. The number of nitrogens with one attached hydrogen (secondary N) is 1. The van der Waals surface area contributed by atoms with Gasteiger partial charge in [-0.25, -0.2) is 4.79 Å². The Balaban J connectivity index is 1.67. The Morgan fingerprint density at radius 1 is 1.33 bits per heavy atom. The average Bonchev–Trinajstić information content (AvgIpc) is 2.47. The average molecular weight is 315 g/mol. The zero-order valence-electron chi connectivity index (χ0n) is 12.1. The van der Waals surface area contributed by atoms with Crippen LogP contribution in [-0.2, 0) is 14.3 Å². The minimum absolute atomic E-state index is 0.0928. The minimum atomic E-state index is -0.356. The van der Waals surface area contributed by atoms with Crippen LogP contribution in [0, 0.1) is 0 Å². The van der Waals surface area contributed by atoms with E-state index in [0.717, 1.165) is 32.8 Å². The summed E-state index contributed by atoms with van der Waals surface area (Å²) in [5.41, 5.74) is 0. The van der Waals surface area contributed by atoms with Crippen LogP contribution < -0.4 is 9.64 Å². The van der Waals surface area contributed by atoms with Gasteiger partial charge in [0.2, 0.25) is 0 Å². The van der Waals surface area contributed by atoms with E-state index in [1.807, 2.05) is 6.92 Å². The molecule has 0 aromatic heterocycles. The standard InChI is InChI=1S/C15H20ClNO4/c1-12(10-17-6-8-19-9-7-17)21-15(18)11-20-14-4-2-13(16)3-5-14/h2-5,12H,6-11H2,1H3/p+1/t12-/m1/s1. The molecule has 0 unspecified atom stereocenters. The number of benzene rings is 1. The Morgan fingerprint density at radius 3 is 2.67 bits per heavy atom. The molecule has 0 aliphatic carbocycles. The van der Waals surface area contributed by atoms with Crippen LogP contribution in [0.1, 0.15) is 6.92 Å². The van der Waals surface area contributed by atoms with Crippen LogP contribution in [0.15, 0.2) is 24.3 Å². The Bertz CT molecular complexity index is 445. The number of morpholine rings is 1. The molecule has 116 valence electrons. The van der Waals surface area contributed by atoms with Crippen molar-refractivity contribution in [1.82, 2.24) is 0 Å². The van der Waals surface area contributed by atoms with Gasteiger partial charge in [-0.2, -0.15) is 0 Å². The number of rotatable bonds is 6. The number of quaternary nitrogens is 1. The number of ether oxygens (including phenoxy) is 3. The zero-order valence-corrected chi connectivity index (χ0v) is 12.9. The SMILES string of the molecule is C[C@H](C[NH+]1CCOCC1)OC(=O)COc1ccc(Cl)cc1. The molecule has 0 radical (unpaired) electrons. The lowest BCUT2D eigenvalue weighted by atomic mass is 10.3. The lowest BCUT2D eigenvalue weighted by Gasteiger charge is -2.26. The van der Waals surface area contributed by atoms with Crippen LogP contribution in [0.4, 0.5) is 0 Å². The number of esters is 1. The first kappa shape index (κ1) is 16.1. The molecule has 0 spiro atoms. The third-order valence-corrected chi connectivity index (χ3v) is 3.53. The van der Waals surface area contributed by atoms with Gasteiger partial charge in [-0.1, -0.05) is 11.6 Å². The van der Waals surface area contributed by atoms with Gasteiger partial charge in [-0.3, -0.25) is 0 Å². The van der Waals surface area contributed by atoms with Crippen molar-refractivity contribution < 1.29 is 23.9 Å². The molecule has 1 aromatic carbocycles. The van der Waals surface area contributed by atoms with Crippen LogP contribution in [0.3, 0.4) is 0 Å². The molecule has 0 saturated carbocycles. The molecular formula is C15H21ClNO4+. The number of carbonyl (C=O) groups is 1. The molecular weight excluding hydrogens is 294 g/mol. The summed E-state index contributed by atoms with van der Waals surface area (Å²) in [7, 11) is 0. The maximum absolute atomic E-state index is 11.7. The van der Waals surface area contributed by atoms with Crippen molar-refractivity contribution in [2.24, 2.45) is 0 Å². The lowest BCUT2D eigenvalue weighted by Crippen LogP contribution is -3.15. The highest BCUT2D eigenvalue weighted by molar-refractivity contribution is 6.30. The van der Waals surface area contributed by atoms with Gasteiger partial charge < -0.3 is 19.1 Å². The van der Waals surface area contributed by atoms with Gasteiger partial charge in [0.05, 0.1) is 13.2 Å². The van der Waals surface area contributed by atoms with E-state index in [4.69, 9.17) is 25.8 Å². The van der Waals surface area contributed by atoms with Crippen molar-refractivity contribution >= 4 is 17.6 Å². The van der Waals surface area contributed by atoms with E-state index in [-0.39, 0.29) is 18.7 Å².